The second-order valence-corrected chi connectivity index (χ2v) is 6.38. The van der Waals surface area contributed by atoms with Gasteiger partial charge in [-0.15, -0.1) is 0 Å². The average molecular weight is 331 g/mol. The van der Waals surface area contributed by atoms with Crippen LogP contribution >= 0.6 is 0 Å². The molecular formula is C17H21N3O4. The van der Waals surface area contributed by atoms with Crippen LogP contribution in [0.4, 0.5) is 11.4 Å². The van der Waals surface area contributed by atoms with Gasteiger partial charge in [-0.25, -0.2) is 4.79 Å². The molecule has 2 unspecified atom stereocenters. The van der Waals surface area contributed by atoms with E-state index >= 15 is 0 Å². The molecule has 0 amide bonds. The molecule has 0 N–H and O–H groups in total. The maximum atomic E-state index is 11.6. The van der Waals surface area contributed by atoms with Gasteiger partial charge >= 0.3 is 5.97 Å². The number of piperazine rings is 1. The van der Waals surface area contributed by atoms with Crippen molar-refractivity contribution < 1.29 is 14.5 Å². The molecule has 7 nitrogen and oxygen atoms in total. The molecule has 24 heavy (non-hydrogen) atoms. The number of carbonyl (C=O) groups excluding carboxylic acids is 1. The maximum absolute atomic E-state index is 11.6. The molecule has 7 heteroatoms. The first-order valence-electron chi connectivity index (χ1n) is 8.01. The topological polar surface area (TPSA) is 75.9 Å². The first-order valence-corrected chi connectivity index (χ1v) is 8.01. The molecular weight excluding hydrogens is 310 g/mol. The number of nitro benzene ring substituents is 1. The van der Waals surface area contributed by atoms with Crippen LogP contribution in [-0.4, -0.2) is 55.1 Å². The number of carbonyl (C=O) groups is 1. The zero-order chi connectivity index (χ0) is 17.3. The number of methoxy groups -OCH3 is 1. The Morgan fingerprint density at radius 3 is 2.58 bits per heavy atom. The van der Waals surface area contributed by atoms with E-state index in [-0.39, 0.29) is 10.6 Å². The number of benzene rings is 1. The zero-order valence-corrected chi connectivity index (χ0v) is 13.8. The van der Waals surface area contributed by atoms with Gasteiger partial charge in [0.1, 0.15) is 5.69 Å². The number of likely N-dealkylation sites (N-methyl/N-ethyl adjacent to an activating group) is 1. The highest BCUT2D eigenvalue weighted by Gasteiger charge is 2.41. The molecule has 3 rings (SSSR count). The molecule has 128 valence electrons. The Balaban J connectivity index is 1.93. The van der Waals surface area contributed by atoms with Crippen LogP contribution in [0, 0.1) is 10.1 Å². The van der Waals surface area contributed by atoms with Gasteiger partial charge in [-0.2, -0.15) is 0 Å². The summed E-state index contributed by atoms with van der Waals surface area (Å²) in [5.74, 6) is -0.487. The number of fused-ring (bicyclic) bond motifs is 2. The van der Waals surface area contributed by atoms with Crippen LogP contribution in [0.5, 0.6) is 0 Å². The molecule has 0 aromatic heterocycles. The maximum Gasteiger partial charge on any atom is 0.330 e. The van der Waals surface area contributed by atoms with Crippen LogP contribution in [0.15, 0.2) is 24.3 Å². The van der Waals surface area contributed by atoms with Gasteiger partial charge < -0.3 is 14.5 Å². The van der Waals surface area contributed by atoms with Crippen LogP contribution in [0.25, 0.3) is 6.08 Å². The largest absolute Gasteiger partial charge is 0.466 e. The third-order valence-electron chi connectivity index (χ3n) is 4.75. The van der Waals surface area contributed by atoms with Gasteiger partial charge in [-0.1, -0.05) is 6.07 Å². The summed E-state index contributed by atoms with van der Waals surface area (Å²) in [5, 5.41) is 11.6. The summed E-state index contributed by atoms with van der Waals surface area (Å²) in [7, 11) is 3.39. The third-order valence-corrected chi connectivity index (χ3v) is 4.75. The third kappa shape index (κ3) is 3.12. The van der Waals surface area contributed by atoms with Gasteiger partial charge in [0, 0.05) is 37.3 Å². The number of anilines is 1. The lowest BCUT2D eigenvalue weighted by Gasteiger charge is -2.40. The van der Waals surface area contributed by atoms with E-state index in [1.165, 1.54) is 25.3 Å². The minimum atomic E-state index is -0.487. The fraction of sp³-hybridized carbons (Fsp3) is 0.471. The number of esters is 1. The van der Waals surface area contributed by atoms with Crippen LogP contribution in [0.3, 0.4) is 0 Å². The molecule has 2 fully saturated rings. The van der Waals surface area contributed by atoms with Crippen molar-refractivity contribution in [1.29, 1.82) is 0 Å². The lowest BCUT2D eigenvalue weighted by atomic mass is 10.1. The normalized spacial score (nSPS) is 23.7. The standard InChI is InChI=1S/C17H21N3O4/c1-18-10-13-5-6-14(11-18)19(13)15-7-3-12(4-8-17(21)24-2)9-16(15)20(22)23/h3-4,7-9,13-14H,5-6,10-11H2,1-2H3/b8-4+. The Kier molecular flexibility index (Phi) is 4.53. The quantitative estimate of drug-likeness (QED) is 0.364. The summed E-state index contributed by atoms with van der Waals surface area (Å²) in [6.45, 7) is 1.86. The van der Waals surface area contributed by atoms with Gasteiger partial charge in [0.25, 0.3) is 5.69 Å². The minimum absolute atomic E-state index is 0.0865. The van der Waals surface area contributed by atoms with Crippen LogP contribution in [-0.2, 0) is 9.53 Å². The van der Waals surface area contributed by atoms with E-state index in [1.807, 2.05) is 0 Å². The second-order valence-electron chi connectivity index (χ2n) is 6.38. The fourth-order valence-corrected chi connectivity index (χ4v) is 3.75. The predicted molar refractivity (Wildman–Crippen MR) is 90.9 cm³/mol. The summed E-state index contributed by atoms with van der Waals surface area (Å²) >= 11 is 0. The summed E-state index contributed by atoms with van der Waals surface area (Å²) in [4.78, 5) is 26.9. The molecule has 1 aromatic carbocycles. The Morgan fingerprint density at radius 2 is 2.00 bits per heavy atom. The number of hydrogen-bond acceptors (Lipinski definition) is 6. The summed E-state index contributed by atoms with van der Waals surface area (Å²) in [5.41, 5.74) is 1.37. The van der Waals surface area contributed by atoms with Crippen molar-refractivity contribution in [1.82, 2.24) is 4.90 Å². The monoisotopic (exact) mass is 331 g/mol. The van der Waals surface area contributed by atoms with Crippen molar-refractivity contribution >= 4 is 23.4 Å². The Hall–Kier alpha value is -2.41. The van der Waals surface area contributed by atoms with E-state index in [2.05, 4.69) is 21.6 Å². The Morgan fingerprint density at radius 1 is 1.33 bits per heavy atom. The number of nitro groups is 1. The van der Waals surface area contributed by atoms with Crippen LogP contribution < -0.4 is 4.90 Å². The lowest BCUT2D eigenvalue weighted by Crippen LogP contribution is -2.52. The fourth-order valence-electron chi connectivity index (χ4n) is 3.75. The van der Waals surface area contributed by atoms with E-state index in [0.29, 0.717) is 23.3 Å². The van der Waals surface area contributed by atoms with E-state index in [1.54, 1.807) is 12.1 Å². The number of nitrogens with zero attached hydrogens (tertiary/aromatic N) is 3. The van der Waals surface area contributed by atoms with E-state index in [9.17, 15) is 14.9 Å². The van der Waals surface area contributed by atoms with Gasteiger partial charge in [0.2, 0.25) is 0 Å². The van der Waals surface area contributed by atoms with Crippen molar-refractivity contribution in [3.05, 3.63) is 40.0 Å². The SMILES string of the molecule is COC(=O)/C=C/c1ccc(N2C3CCC2CN(C)C3)c([N+](=O)[O-])c1. The van der Waals surface area contributed by atoms with Crippen LogP contribution in [0.1, 0.15) is 18.4 Å². The van der Waals surface area contributed by atoms with E-state index < -0.39 is 5.97 Å². The van der Waals surface area contributed by atoms with Crippen molar-refractivity contribution in [2.45, 2.75) is 24.9 Å². The van der Waals surface area contributed by atoms with Crippen molar-refractivity contribution in [3.63, 3.8) is 0 Å². The molecule has 2 saturated heterocycles. The molecule has 2 aliphatic rings. The smallest absolute Gasteiger partial charge is 0.330 e. The predicted octanol–water partition coefficient (Wildman–Crippen LogP) is 2.06. The van der Waals surface area contributed by atoms with Gasteiger partial charge in [0.05, 0.1) is 12.0 Å². The zero-order valence-electron chi connectivity index (χ0n) is 13.8. The van der Waals surface area contributed by atoms with Gasteiger partial charge in [-0.05, 0) is 37.6 Å². The first-order chi connectivity index (χ1) is 11.5. The first kappa shape index (κ1) is 16.4. The molecule has 2 bridgehead atoms. The molecule has 0 radical (unpaired) electrons. The number of rotatable bonds is 4. The average Bonchev–Trinajstić information content (AvgIpc) is 2.83. The van der Waals surface area contributed by atoms with Gasteiger partial charge in [0.15, 0.2) is 0 Å². The van der Waals surface area contributed by atoms with Crippen LogP contribution in [0.2, 0.25) is 0 Å². The summed E-state index contributed by atoms with van der Waals surface area (Å²) in [6, 6.07) is 5.77. The minimum Gasteiger partial charge on any atom is -0.466 e. The molecule has 0 aliphatic carbocycles. The number of hydrogen-bond donors (Lipinski definition) is 0. The summed E-state index contributed by atoms with van der Waals surface area (Å²) < 4.78 is 4.54. The number of ether oxygens (including phenoxy) is 1. The van der Waals surface area contributed by atoms with Crippen molar-refractivity contribution in [2.75, 3.05) is 32.1 Å². The van der Waals surface area contributed by atoms with Gasteiger partial charge in [-0.3, -0.25) is 10.1 Å². The highest BCUT2D eigenvalue weighted by atomic mass is 16.6. The molecule has 2 heterocycles. The van der Waals surface area contributed by atoms with Crippen molar-refractivity contribution in [3.8, 4) is 0 Å². The Bertz CT molecular complexity index is 674. The van der Waals surface area contributed by atoms with E-state index in [0.717, 1.165) is 25.9 Å². The molecule has 0 saturated carbocycles. The molecule has 2 aliphatic heterocycles. The second kappa shape index (κ2) is 6.60. The highest BCUT2D eigenvalue weighted by molar-refractivity contribution is 5.87. The van der Waals surface area contributed by atoms with E-state index in [4.69, 9.17) is 0 Å². The molecule has 1 aromatic rings. The Labute approximate surface area is 140 Å². The molecule has 0 spiro atoms. The number of likely N-dealkylation sites (tertiary alicyclic amines) is 1. The highest BCUT2D eigenvalue weighted by Crippen LogP contribution is 2.39. The lowest BCUT2D eigenvalue weighted by molar-refractivity contribution is -0.384. The molecule has 2 atom stereocenters. The summed E-state index contributed by atoms with van der Waals surface area (Å²) in [6.07, 6.45) is 4.92. The van der Waals surface area contributed by atoms with Crippen molar-refractivity contribution in [2.24, 2.45) is 0 Å².